The van der Waals surface area contributed by atoms with Crippen molar-refractivity contribution in [3.63, 3.8) is 0 Å². The van der Waals surface area contributed by atoms with Crippen molar-refractivity contribution in [1.29, 1.82) is 0 Å². The average molecular weight is 416 g/mol. The van der Waals surface area contributed by atoms with Crippen LogP contribution in [0.5, 0.6) is 11.5 Å². The highest BCUT2D eigenvalue weighted by atomic mass is 19.4. The van der Waals surface area contributed by atoms with Gasteiger partial charge in [-0.05, 0) is 49.3 Å². The minimum absolute atomic E-state index is 0.0483. The molecular weight excluding hydrogens is 397 g/mol. The summed E-state index contributed by atoms with van der Waals surface area (Å²) in [7, 11) is 2.95. The number of aromatic nitrogens is 3. The van der Waals surface area contributed by atoms with Crippen molar-refractivity contribution >= 4 is 17.4 Å². The van der Waals surface area contributed by atoms with Crippen molar-refractivity contribution in [2.45, 2.75) is 25.6 Å². The second-order valence-electron chi connectivity index (χ2n) is 6.94. The topological polar surface area (TPSA) is 61.0 Å². The predicted molar refractivity (Wildman–Crippen MR) is 107 cm³/mol. The van der Waals surface area contributed by atoms with Crippen molar-refractivity contribution in [2.75, 3.05) is 14.2 Å². The molecule has 156 valence electrons. The van der Waals surface area contributed by atoms with E-state index in [0.717, 1.165) is 16.2 Å². The van der Waals surface area contributed by atoms with Crippen LogP contribution in [0, 0.1) is 0 Å². The third-order valence-corrected chi connectivity index (χ3v) is 4.86. The van der Waals surface area contributed by atoms with E-state index < -0.39 is 11.9 Å². The van der Waals surface area contributed by atoms with Crippen molar-refractivity contribution in [2.24, 2.45) is 4.99 Å². The van der Waals surface area contributed by atoms with E-state index in [0.29, 0.717) is 29.2 Å². The van der Waals surface area contributed by atoms with E-state index in [4.69, 9.17) is 9.47 Å². The van der Waals surface area contributed by atoms with Crippen LogP contribution in [-0.2, 0) is 6.18 Å². The number of rotatable bonds is 4. The molecule has 3 aromatic rings. The predicted octanol–water partition coefficient (Wildman–Crippen LogP) is 4.68. The molecule has 1 atom stereocenters. The van der Waals surface area contributed by atoms with Crippen molar-refractivity contribution in [3.05, 3.63) is 47.8 Å². The highest BCUT2D eigenvalue weighted by Crippen LogP contribution is 2.36. The Bertz CT molecular complexity index is 1170. The van der Waals surface area contributed by atoms with Crippen LogP contribution in [0.1, 0.15) is 24.7 Å². The molecule has 1 aromatic carbocycles. The molecule has 0 amide bonds. The van der Waals surface area contributed by atoms with Crippen LogP contribution in [0.4, 0.5) is 13.2 Å². The summed E-state index contributed by atoms with van der Waals surface area (Å²) in [4.78, 5) is 8.68. The van der Waals surface area contributed by atoms with Crippen LogP contribution in [0.2, 0.25) is 0 Å². The monoisotopic (exact) mass is 416 g/mol. The third-order valence-electron chi connectivity index (χ3n) is 4.86. The van der Waals surface area contributed by atoms with Gasteiger partial charge in [0.2, 0.25) is 0 Å². The summed E-state index contributed by atoms with van der Waals surface area (Å²) in [6.45, 7) is 1.94. The molecule has 0 fully saturated rings. The van der Waals surface area contributed by atoms with Crippen LogP contribution in [0.15, 0.2) is 41.4 Å². The summed E-state index contributed by atoms with van der Waals surface area (Å²) in [5.41, 5.74) is 1.12. The summed E-state index contributed by atoms with van der Waals surface area (Å²) in [5.74, 6) is 0.880. The normalized spacial score (nSPS) is 16.6. The van der Waals surface area contributed by atoms with E-state index >= 15 is 0 Å². The van der Waals surface area contributed by atoms with Crippen molar-refractivity contribution < 1.29 is 22.6 Å². The lowest BCUT2D eigenvalue weighted by molar-refractivity contribution is -0.142. The zero-order chi connectivity index (χ0) is 21.5. The minimum atomic E-state index is -4.61. The number of hydrogen-bond donors (Lipinski definition) is 0. The van der Waals surface area contributed by atoms with E-state index in [-0.39, 0.29) is 17.4 Å². The summed E-state index contributed by atoms with van der Waals surface area (Å²) >= 11 is 0. The lowest BCUT2D eigenvalue weighted by Crippen LogP contribution is -2.14. The molecule has 1 aliphatic rings. The second kappa shape index (κ2) is 7.47. The lowest BCUT2D eigenvalue weighted by atomic mass is 10.0. The lowest BCUT2D eigenvalue weighted by Gasteiger charge is -2.13. The number of benzene rings is 1. The highest BCUT2D eigenvalue weighted by molar-refractivity contribution is 5.86. The quantitative estimate of drug-likeness (QED) is 0.620. The number of ether oxygens (including phenoxy) is 2. The number of methoxy groups -OCH3 is 2. The molecule has 6 nitrogen and oxygen atoms in total. The molecule has 0 saturated carbocycles. The number of allylic oxidation sites excluding steroid dienone is 1. The Labute approximate surface area is 170 Å². The van der Waals surface area contributed by atoms with Gasteiger partial charge in [0, 0.05) is 17.8 Å². The Kier molecular flexibility index (Phi) is 4.97. The van der Waals surface area contributed by atoms with Gasteiger partial charge in [-0.3, -0.25) is 4.99 Å². The number of nitrogens with zero attached hydrogens (tertiary/aromatic N) is 4. The average Bonchev–Trinajstić information content (AvgIpc) is 3.16. The van der Waals surface area contributed by atoms with Gasteiger partial charge in [0.05, 0.1) is 31.6 Å². The first-order chi connectivity index (χ1) is 14.3. The fourth-order valence-corrected chi connectivity index (χ4v) is 3.39. The van der Waals surface area contributed by atoms with Gasteiger partial charge >= 0.3 is 6.18 Å². The maximum atomic E-state index is 13.8. The van der Waals surface area contributed by atoms with Crippen molar-refractivity contribution in [1.82, 2.24) is 14.6 Å². The largest absolute Gasteiger partial charge is 0.493 e. The molecule has 0 aliphatic carbocycles. The van der Waals surface area contributed by atoms with Gasteiger partial charge in [-0.15, -0.1) is 0 Å². The molecule has 0 spiro atoms. The summed E-state index contributed by atoms with van der Waals surface area (Å²) in [6.07, 6.45) is -0.583. The van der Waals surface area contributed by atoms with Gasteiger partial charge < -0.3 is 9.47 Å². The Morgan fingerprint density at radius 1 is 1.03 bits per heavy atom. The first-order valence-electron chi connectivity index (χ1n) is 9.23. The van der Waals surface area contributed by atoms with Crippen LogP contribution in [0.3, 0.4) is 0 Å². The molecule has 0 bridgehead atoms. The first kappa shape index (κ1) is 19.9. The Balaban J connectivity index is 1.88. The fourth-order valence-electron chi connectivity index (χ4n) is 3.39. The SMILES string of the molecule is COc1ccc(-c2cc(C(F)(F)F)n3nc(C4=CC=NC(C)C4)cc3n2)cc1OC. The van der Waals surface area contributed by atoms with Crippen LogP contribution in [0.25, 0.3) is 22.5 Å². The Morgan fingerprint density at radius 2 is 1.80 bits per heavy atom. The highest BCUT2D eigenvalue weighted by Gasteiger charge is 2.35. The third kappa shape index (κ3) is 3.62. The van der Waals surface area contributed by atoms with E-state index in [9.17, 15) is 13.2 Å². The molecule has 0 radical (unpaired) electrons. The van der Waals surface area contributed by atoms with Gasteiger partial charge in [-0.25, -0.2) is 9.50 Å². The van der Waals surface area contributed by atoms with E-state index in [1.165, 1.54) is 14.2 Å². The maximum Gasteiger partial charge on any atom is 0.433 e. The van der Waals surface area contributed by atoms with Crippen LogP contribution < -0.4 is 9.47 Å². The molecule has 9 heteroatoms. The van der Waals surface area contributed by atoms with E-state index in [1.54, 1.807) is 36.6 Å². The van der Waals surface area contributed by atoms with Gasteiger partial charge in [-0.2, -0.15) is 18.3 Å². The molecular formula is C21H19F3N4O2. The molecule has 1 aliphatic heterocycles. The van der Waals surface area contributed by atoms with Crippen molar-refractivity contribution in [3.8, 4) is 22.8 Å². The first-order valence-corrected chi connectivity index (χ1v) is 9.23. The Morgan fingerprint density at radius 3 is 2.47 bits per heavy atom. The van der Waals surface area contributed by atoms with E-state index in [2.05, 4.69) is 15.1 Å². The minimum Gasteiger partial charge on any atom is -0.493 e. The van der Waals surface area contributed by atoms with E-state index in [1.807, 2.05) is 6.92 Å². The molecule has 4 rings (SSSR count). The van der Waals surface area contributed by atoms with Gasteiger partial charge in [0.25, 0.3) is 0 Å². The smallest absolute Gasteiger partial charge is 0.433 e. The Hall–Kier alpha value is -3.36. The number of hydrogen-bond acceptors (Lipinski definition) is 5. The summed E-state index contributed by atoms with van der Waals surface area (Å²) in [6, 6.07) is 7.47. The maximum absolute atomic E-state index is 13.8. The number of halogens is 3. The standard InChI is InChI=1S/C21H19F3N4O2/c1-12-8-14(6-7-25-12)16-11-20-26-15(10-19(21(22,23)24)28(20)27-16)13-4-5-17(29-2)18(9-13)30-3/h4-7,9-12H,8H2,1-3H3. The van der Waals surface area contributed by atoms with Gasteiger partial charge in [0.1, 0.15) is 0 Å². The van der Waals surface area contributed by atoms with Gasteiger partial charge in [-0.1, -0.05) is 0 Å². The van der Waals surface area contributed by atoms with Crippen LogP contribution in [-0.4, -0.2) is 41.1 Å². The molecule has 3 heterocycles. The molecule has 30 heavy (non-hydrogen) atoms. The number of aliphatic imine (C=N–C) groups is 1. The molecule has 1 unspecified atom stereocenters. The number of dihydropyridines is 1. The molecule has 0 N–H and O–H groups in total. The number of alkyl halides is 3. The zero-order valence-electron chi connectivity index (χ0n) is 16.6. The molecule has 2 aromatic heterocycles. The van der Waals surface area contributed by atoms with Gasteiger partial charge in [0.15, 0.2) is 22.8 Å². The zero-order valence-corrected chi connectivity index (χ0v) is 16.6. The van der Waals surface area contributed by atoms with Crippen LogP contribution >= 0.6 is 0 Å². The summed E-state index contributed by atoms with van der Waals surface area (Å²) < 4.78 is 52.8. The second-order valence-corrected chi connectivity index (χ2v) is 6.94. The fraction of sp³-hybridized carbons (Fsp3) is 0.286. The number of fused-ring (bicyclic) bond motifs is 1. The summed E-state index contributed by atoms with van der Waals surface area (Å²) in [5, 5.41) is 4.19. The molecule has 0 saturated heterocycles.